The minimum Gasteiger partial charge on any atom is -0.302 e. The highest BCUT2D eigenvalue weighted by molar-refractivity contribution is 7.20. The molecule has 26 heavy (non-hydrogen) atoms. The third kappa shape index (κ3) is 4.53. The summed E-state index contributed by atoms with van der Waals surface area (Å²) in [6.45, 7) is 0. The van der Waals surface area contributed by atoms with Gasteiger partial charge in [0, 0.05) is 5.38 Å². The van der Waals surface area contributed by atoms with Crippen LogP contribution in [0.1, 0.15) is 11.1 Å². The number of amides is 1. The molecule has 0 aliphatic rings. The van der Waals surface area contributed by atoms with Gasteiger partial charge in [0.05, 0.1) is 22.6 Å². The predicted molar refractivity (Wildman–Crippen MR) is 97.0 cm³/mol. The molecule has 2 aromatic heterocycles. The molecule has 0 bridgehead atoms. The van der Waals surface area contributed by atoms with Gasteiger partial charge in [-0.05, 0) is 17.7 Å². The van der Waals surface area contributed by atoms with E-state index in [9.17, 15) is 18.0 Å². The number of hydrogen-bond donors (Lipinski definition) is 1. The van der Waals surface area contributed by atoms with Crippen molar-refractivity contribution in [1.82, 2.24) is 9.97 Å². The molecule has 11 heteroatoms. The van der Waals surface area contributed by atoms with Crippen LogP contribution in [0, 0.1) is 0 Å². The van der Waals surface area contributed by atoms with E-state index >= 15 is 0 Å². The summed E-state index contributed by atoms with van der Waals surface area (Å²) in [4.78, 5) is 20.8. The standard InChI is InChI=1S/C15H8Cl2F3N3OS2/c16-12-11(26-13(17)23-12)9-6-25-14(21-9)22-10(24)5-7-1-3-8(4-2-7)15(18,19)20/h1-4,6H,5H2,(H,21,22,24). The van der Waals surface area contributed by atoms with E-state index in [1.165, 1.54) is 34.8 Å². The van der Waals surface area contributed by atoms with Gasteiger partial charge in [-0.2, -0.15) is 13.2 Å². The van der Waals surface area contributed by atoms with E-state index in [-0.39, 0.29) is 21.9 Å². The van der Waals surface area contributed by atoms with Gasteiger partial charge in [0.15, 0.2) is 14.8 Å². The zero-order valence-electron chi connectivity index (χ0n) is 12.6. The Bertz CT molecular complexity index is 939. The van der Waals surface area contributed by atoms with Gasteiger partial charge in [0.2, 0.25) is 5.91 Å². The Labute approximate surface area is 163 Å². The van der Waals surface area contributed by atoms with Gasteiger partial charge < -0.3 is 5.32 Å². The highest BCUT2D eigenvalue weighted by Gasteiger charge is 2.30. The molecule has 0 saturated heterocycles. The van der Waals surface area contributed by atoms with Gasteiger partial charge in [0.1, 0.15) is 0 Å². The van der Waals surface area contributed by atoms with Crippen LogP contribution in [0.15, 0.2) is 29.6 Å². The van der Waals surface area contributed by atoms with Crippen molar-refractivity contribution in [3.05, 3.63) is 50.4 Å². The van der Waals surface area contributed by atoms with Crippen LogP contribution in [-0.2, 0) is 17.4 Å². The monoisotopic (exact) mass is 437 g/mol. The Morgan fingerprint density at radius 1 is 1.15 bits per heavy atom. The zero-order valence-corrected chi connectivity index (χ0v) is 15.7. The number of thiazole rings is 2. The summed E-state index contributed by atoms with van der Waals surface area (Å²) in [7, 11) is 0. The quantitative estimate of drug-likeness (QED) is 0.563. The molecule has 1 N–H and O–H groups in total. The fourth-order valence-corrected chi connectivity index (χ4v) is 4.17. The lowest BCUT2D eigenvalue weighted by atomic mass is 10.1. The van der Waals surface area contributed by atoms with Gasteiger partial charge in [-0.3, -0.25) is 4.79 Å². The summed E-state index contributed by atoms with van der Waals surface area (Å²) in [5.74, 6) is -0.390. The Morgan fingerprint density at radius 2 is 1.85 bits per heavy atom. The molecule has 0 spiro atoms. The molecule has 0 atom stereocenters. The van der Waals surface area contributed by atoms with Crippen molar-refractivity contribution in [3.63, 3.8) is 0 Å². The predicted octanol–water partition coefficient (Wildman–Crippen LogP) is 5.77. The van der Waals surface area contributed by atoms with E-state index in [0.717, 1.165) is 12.1 Å². The van der Waals surface area contributed by atoms with Crippen molar-refractivity contribution in [3.8, 4) is 10.6 Å². The molecule has 3 aromatic rings. The SMILES string of the molecule is O=C(Cc1ccc(C(F)(F)F)cc1)Nc1nc(-c2sc(Cl)nc2Cl)cs1. The van der Waals surface area contributed by atoms with E-state index in [2.05, 4.69) is 15.3 Å². The first kappa shape index (κ1) is 19.1. The maximum absolute atomic E-state index is 12.5. The first-order valence-corrected chi connectivity index (χ1v) is 9.41. The second-order valence-electron chi connectivity index (χ2n) is 5.04. The topological polar surface area (TPSA) is 54.9 Å². The van der Waals surface area contributed by atoms with Crippen LogP contribution in [0.3, 0.4) is 0 Å². The molecule has 1 amide bonds. The number of benzene rings is 1. The van der Waals surface area contributed by atoms with Crippen molar-refractivity contribution in [1.29, 1.82) is 0 Å². The number of rotatable bonds is 4. The second kappa shape index (κ2) is 7.51. The maximum Gasteiger partial charge on any atom is 0.416 e. The molecule has 0 radical (unpaired) electrons. The number of nitrogens with one attached hydrogen (secondary N) is 1. The summed E-state index contributed by atoms with van der Waals surface area (Å²) < 4.78 is 37.9. The highest BCUT2D eigenvalue weighted by atomic mass is 35.5. The van der Waals surface area contributed by atoms with Crippen molar-refractivity contribution in [2.75, 3.05) is 5.32 Å². The molecule has 3 rings (SSSR count). The number of carbonyl (C=O) groups excluding carboxylic acids is 1. The molecule has 0 saturated carbocycles. The number of nitrogens with zero attached hydrogens (tertiary/aromatic N) is 2. The summed E-state index contributed by atoms with van der Waals surface area (Å²) in [5, 5.41) is 4.88. The molecule has 0 aliphatic carbocycles. The fraction of sp³-hybridized carbons (Fsp3) is 0.133. The average molecular weight is 438 g/mol. The van der Waals surface area contributed by atoms with Crippen LogP contribution in [0.25, 0.3) is 10.6 Å². The van der Waals surface area contributed by atoms with Gasteiger partial charge >= 0.3 is 6.18 Å². The molecule has 2 heterocycles. The minimum atomic E-state index is -4.40. The Hall–Kier alpha value is -1.68. The van der Waals surface area contributed by atoms with E-state index in [1.807, 2.05) is 0 Å². The van der Waals surface area contributed by atoms with Crippen molar-refractivity contribution < 1.29 is 18.0 Å². The molecule has 0 unspecified atom stereocenters. The molecule has 4 nitrogen and oxygen atoms in total. The number of carbonyl (C=O) groups is 1. The summed E-state index contributed by atoms with van der Waals surface area (Å²) in [6.07, 6.45) is -4.47. The number of aromatic nitrogens is 2. The molecule has 1 aromatic carbocycles. The summed E-state index contributed by atoms with van der Waals surface area (Å²) in [5.41, 5.74) is 0.241. The number of halogens is 5. The highest BCUT2D eigenvalue weighted by Crippen LogP contribution is 2.37. The molecular formula is C15H8Cl2F3N3OS2. The van der Waals surface area contributed by atoms with E-state index in [4.69, 9.17) is 23.2 Å². The normalized spacial score (nSPS) is 11.6. The second-order valence-corrected chi connectivity index (χ2v) is 7.84. The molecule has 0 fully saturated rings. The Balaban J connectivity index is 1.65. The molecular weight excluding hydrogens is 430 g/mol. The first-order valence-electron chi connectivity index (χ1n) is 6.96. The van der Waals surface area contributed by atoms with Gasteiger partial charge in [-0.1, -0.05) is 46.7 Å². The third-order valence-electron chi connectivity index (χ3n) is 3.19. The lowest BCUT2D eigenvalue weighted by Crippen LogP contribution is -2.14. The van der Waals surface area contributed by atoms with Crippen LogP contribution in [-0.4, -0.2) is 15.9 Å². The van der Waals surface area contributed by atoms with Crippen LogP contribution in [0.2, 0.25) is 9.62 Å². The Morgan fingerprint density at radius 3 is 2.42 bits per heavy atom. The Kier molecular flexibility index (Phi) is 5.52. The lowest BCUT2D eigenvalue weighted by Gasteiger charge is -2.07. The lowest BCUT2D eigenvalue weighted by molar-refractivity contribution is -0.137. The smallest absolute Gasteiger partial charge is 0.302 e. The zero-order chi connectivity index (χ0) is 18.9. The first-order chi connectivity index (χ1) is 12.2. The largest absolute Gasteiger partial charge is 0.416 e. The van der Waals surface area contributed by atoms with Crippen molar-refractivity contribution in [2.24, 2.45) is 0 Å². The van der Waals surface area contributed by atoms with Gasteiger partial charge in [-0.15, -0.1) is 11.3 Å². The summed E-state index contributed by atoms with van der Waals surface area (Å²) >= 11 is 14.1. The maximum atomic E-state index is 12.5. The van der Waals surface area contributed by atoms with E-state index < -0.39 is 11.7 Å². The molecule has 0 aliphatic heterocycles. The van der Waals surface area contributed by atoms with E-state index in [0.29, 0.717) is 21.3 Å². The molecule has 136 valence electrons. The average Bonchev–Trinajstić information content (AvgIpc) is 3.12. The fourth-order valence-electron chi connectivity index (χ4n) is 2.03. The van der Waals surface area contributed by atoms with Gasteiger partial charge in [-0.25, -0.2) is 9.97 Å². The number of hydrogen-bond acceptors (Lipinski definition) is 5. The van der Waals surface area contributed by atoms with Crippen LogP contribution in [0.4, 0.5) is 18.3 Å². The van der Waals surface area contributed by atoms with E-state index in [1.54, 1.807) is 5.38 Å². The van der Waals surface area contributed by atoms with Crippen molar-refractivity contribution >= 4 is 56.9 Å². The van der Waals surface area contributed by atoms with Gasteiger partial charge in [0.25, 0.3) is 0 Å². The third-order valence-corrected chi connectivity index (χ3v) is 5.51. The van der Waals surface area contributed by atoms with Crippen LogP contribution >= 0.6 is 45.9 Å². The van der Waals surface area contributed by atoms with Crippen molar-refractivity contribution in [2.45, 2.75) is 12.6 Å². The number of alkyl halides is 3. The number of anilines is 1. The van der Waals surface area contributed by atoms with Crippen LogP contribution in [0.5, 0.6) is 0 Å². The summed E-state index contributed by atoms with van der Waals surface area (Å²) in [6, 6.07) is 4.43. The van der Waals surface area contributed by atoms with Crippen LogP contribution < -0.4 is 5.32 Å². The minimum absolute atomic E-state index is 0.0693.